The lowest BCUT2D eigenvalue weighted by atomic mass is 10.1. The molecule has 0 bridgehead atoms. The van der Waals surface area contributed by atoms with E-state index in [1.165, 1.54) is 0 Å². The monoisotopic (exact) mass is 207 g/mol. The van der Waals surface area contributed by atoms with Crippen LogP contribution in [0.5, 0.6) is 0 Å². The normalized spacial score (nSPS) is 20.4. The Hall–Kier alpha value is 0.460. The summed E-state index contributed by atoms with van der Waals surface area (Å²) in [7, 11) is -0.554. The molecule has 4 heteroatoms. The van der Waals surface area contributed by atoms with Crippen LogP contribution in [0.4, 0.5) is 0 Å². The summed E-state index contributed by atoms with van der Waals surface area (Å²) in [5, 5.41) is 3.20. The maximum absolute atomic E-state index is 11.4. The van der Waals surface area contributed by atoms with Gasteiger partial charge in [0.05, 0.1) is 0 Å². The van der Waals surface area contributed by atoms with E-state index in [0.717, 1.165) is 36.8 Å². The van der Waals surface area contributed by atoms with E-state index in [4.69, 9.17) is 0 Å². The first-order valence-electron chi connectivity index (χ1n) is 4.37. The molecule has 0 spiro atoms. The van der Waals surface area contributed by atoms with E-state index in [9.17, 15) is 4.21 Å². The molecule has 1 aliphatic heterocycles. The molecule has 0 aromatic rings. The molecule has 1 aliphatic rings. The third-order valence-corrected chi connectivity index (χ3v) is 4.29. The number of thioether (sulfide) groups is 1. The third kappa shape index (κ3) is 3.92. The summed E-state index contributed by atoms with van der Waals surface area (Å²) < 4.78 is 11.4. The zero-order chi connectivity index (χ0) is 8.81. The van der Waals surface area contributed by atoms with Crippen molar-refractivity contribution in [3.05, 3.63) is 0 Å². The summed E-state index contributed by atoms with van der Waals surface area (Å²) in [6, 6.07) is 0. The predicted molar refractivity (Wildman–Crippen MR) is 57.2 cm³/mol. The number of hydrogen-bond acceptors (Lipinski definition) is 3. The standard InChI is InChI=1S/C8H17NOS2/c1-11-3-2-4-12(10)7-8-5-9-6-8/h8-9H,2-7H2,1H3. The molecule has 0 amide bonds. The summed E-state index contributed by atoms with van der Waals surface area (Å²) in [4.78, 5) is 0. The van der Waals surface area contributed by atoms with Gasteiger partial charge in [-0.2, -0.15) is 11.8 Å². The minimum atomic E-state index is -0.554. The van der Waals surface area contributed by atoms with Gasteiger partial charge in [-0.05, 0) is 24.3 Å². The molecule has 0 saturated carbocycles. The summed E-state index contributed by atoms with van der Waals surface area (Å²) in [5.74, 6) is 3.66. The Bertz CT molecular complexity index is 148. The fraction of sp³-hybridized carbons (Fsp3) is 1.00. The van der Waals surface area contributed by atoms with Gasteiger partial charge in [0.1, 0.15) is 0 Å². The highest BCUT2D eigenvalue weighted by Crippen LogP contribution is 2.06. The SMILES string of the molecule is CSCCCS(=O)CC1CNC1. The van der Waals surface area contributed by atoms with Crippen molar-refractivity contribution in [2.75, 3.05) is 36.6 Å². The second-order valence-electron chi connectivity index (χ2n) is 3.18. The molecule has 1 unspecified atom stereocenters. The topological polar surface area (TPSA) is 29.1 Å². The molecule has 1 atom stereocenters. The molecule has 1 fully saturated rings. The average Bonchev–Trinajstić information content (AvgIpc) is 1.98. The molecule has 0 aromatic carbocycles. The molecular weight excluding hydrogens is 190 g/mol. The fourth-order valence-electron chi connectivity index (χ4n) is 1.18. The largest absolute Gasteiger partial charge is 0.316 e. The second-order valence-corrected chi connectivity index (χ2v) is 5.79. The minimum absolute atomic E-state index is 0.554. The highest BCUT2D eigenvalue weighted by atomic mass is 32.2. The molecule has 1 rings (SSSR count). The fourth-order valence-corrected chi connectivity index (χ4v) is 3.19. The average molecular weight is 207 g/mol. The van der Waals surface area contributed by atoms with Crippen molar-refractivity contribution in [3.8, 4) is 0 Å². The van der Waals surface area contributed by atoms with E-state index >= 15 is 0 Å². The summed E-state index contributed by atoms with van der Waals surface area (Å²) in [6.07, 6.45) is 3.20. The Morgan fingerprint density at radius 3 is 2.83 bits per heavy atom. The van der Waals surface area contributed by atoms with Gasteiger partial charge in [-0.15, -0.1) is 0 Å². The quantitative estimate of drug-likeness (QED) is 0.650. The van der Waals surface area contributed by atoms with Gasteiger partial charge in [0.2, 0.25) is 0 Å². The Balaban J connectivity index is 1.95. The summed E-state index contributed by atoms with van der Waals surface area (Å²) in [6.45, 7) is 2.16. The predicted octanol–water partition coefficient (Wildman–Crippen LogP) is 0.708. The van der Waals surface area contributed by atoms with Gasteiger partial charge in [0.15, 0.2) is 0 Å². The summed E-state index contributed by atoms with van der Waals surface area (Å²) in [5.41, 5.74) is 0. The number of hydrogen-bond donors (Lipinski definition) is 1. The van der Waals surface area contributed by atoms with Crippen LogP contribution in [-0.4, -0.2) is 40.8 Å². The third-order valence-electron chi connectivity index (χ3n) is 2.01. The van der Waals surface area contributed by atoms with Crippen molar-refractivity contribution in [2.45, 2.75) is 6.42 Å². The van der Waals surface area contributed by atoms with Crippen molar-refractivity contribution in [1.82, 2.24) is 5.32 Å². The molecule has 0 radical (unpaired) electrons. The lowest BCUT2D eigenvalue weighted by Crippen LogP contribution is -2.44. The first-order chi connectivity index (χ1) is 5.83. The number of rotatable bonds is 6. The van der Waals surface area contributed by atoms with Crippen molar-refractivity contribution in [1.29, 1.82) is 0 Å². The van der Waals surface area contributed by atoms with Crippen LogP contribution in [0.15, 0.2) is 0 Å². The van der Waals surface area contributed by atoms with Crippen LogP contribution in [0, 0.1) is 5.92 Å². The van der Waals surface area contributed by atoms with Gasteiger partial charge in [-0.3, -0.25) is 4.21 Å². The molecule has 2 nitrogen and oxygen atoms in total. The van der Waals surface area contributed by atoms with Gasteiger partial charge >= 0.3 is 0 Å². The van der Waals surface area contributed by atoms with Crippen LogP contribution in [-0.2, 0) is 10.8 Å². The zero-order valence-corrected chi connectivity index (χ0v) is 9.18. The van der Waals surface area contributed by atoms with E-state index in [1.807, 2.05) is 11.8 Å². The summed E-state index contributed by atoms with van der Waals surface area (Å²) >= 11 is 1.84. The van der Waals surface area contributed by atoms with Crippen LogP contribution >= 0.6 is 11.8 Å². The first-order valence-corrected chi connectivity index (χ1v) is 7.25. The van der Waals surface area contributed by atoms with E-state index < -0.39 is 10.8 Å². The Morgan fingerprint density at radius 1 is 1.58 bits per heavy atom. The zero-order valence-electron chi connectivity index (χ0n) is 7.54. The van der Waals surface area contributed by atoms with Crippen LogP contribution in [0.1, 0.15) is 6.42 Å². The van der Waals surface area contributed by atoms with Crippen molar-refractivity contribution in [3.63, 3.8) is 0 Å². The molecule has 1 saturated heterocycles. The molecule has 0 aliphatic carbocycles. The lowest BCUT2D eigenvalue weighted by Gasteiger charge is -2.26. The van der Waals surface area contributed by atoms with Crippen LogP contribution in [0.2, 0.25) is 0 Å². The van der Waals surface area contributed by atoms with Gasteiger partial charge in [0.25, 0.3) is 0 Å². The highest BCUT2D eigenvalue weighted by Gasteiger charge is 2.18. The molecule has 1 heterocycles. The minimum Gasteiger partial charge on any atom is -0.316 e. The lowest BCUT2D eigenvalue weighted by molar-refractivity contribution is 0.382. The molecular formula is C8H17NOS2. The van der Waals surface area contributed by atoms with Crippen molar-refractivity contribution >= 4 is 22.6 Å². The van der Waals surface area contributed by atoms with Crippen LogP contribution in [0.3, 0.4) is 0 Å². The van der Waals surface area contributed by atoms with E-state index in [0.29, 0.717) is 5.92 Å². The van der Waals surface area contributed by atoms with E-state index in [-0.39, 0.29) is 0 Å². The molecule has 12 heavy (non-hydrogen) atoms. The molecule has 72 valence electrons. The van der Waals surface area contributed by atoms with Crippen molar-refractivity contribution < 1.29 is 4.21 Å². The van der Waals surface area contributed by atoms with E-state index in [2.05, 4.69) is 11.6 Å². The molecule has 0 aromatic heterocycles. The maximum atomic E-state index is 11.4. The van der Waals surface area contributed by atoms with E-state index in [1.54, 1.807) is 0 Å². The maximum Gasteiger partial charge on any atom is 0.0287 e. The molecule has 1 N–H and O–H groups in total. The van der Waals surface area contributed by atoms with Crippen molar-refractivity contribution in [2.24, 2.45) is 5.92 Å². The Labute approximate surface area is 81.3 Å². The van der Waals surface area contributed by atoms with Gasteiger partial charge in [0, 0.05) is 35.4 Å². The number of nitrogens with one attached hydrogen (secondary N) is 1. The van der Waals surface area contributed by atoms with Gasteiger partial charge in [-0.25, -0.2) is 0 Å². The van der Waals surface area contributed by atoms with Gasteiger partial charge < -0.3 is 5.32 Å². The highest BCUT2D eigenvalue weighted by molar-refractivity contribution is 7.98. The van der Waals surface area contributed by atoms with Gasteiger partial charge in [-0.1, -0.05) is 0 Å². The first kappa shape index (κ1) is 10.5. The Kier molecular flexibility index (Phi) is 5.27. The second kappa shape index (κ2) is 6.00. The Morgan fingerprint density at radius 2 is 2.33 bits per heavy atom. The van der Waals surface area contributed by atoms with Crippen LogP contribution < -0.4 is 5.32 Å². The smallest absolute Gasteiger partial charge is 0.0287 e. The van der Waals surface area contributed by atoms with Crippen LogP contribution in [0.25, 0.3) is 0 Å².